The van der Waals surface area contributed by atoms with Crippen molar-refractivity contribution < 1.29 is 26.0 Å². The van der Waals surface area contributed by atoms with Crippen molar-refractivity contribution in [1.29, 1.82) is 0 Å². The van der Waals surface area contributed by atoms with Gasteiger partial charge < -0.3 is 0 Å². The molecule has 0 heterocycles. The number of rotatable bonds is 2. The summed E-state index contributed by atoms with van der Waals surface area (Å²) in [5, 5.41) is 0. The largest absolute Gasteiger partial charge is 0.218 e. The van der Waals surface area contributed by atoms with Gasteiger partial charge in [-0.3, -0.25) is 0 Å². The van der Waals surface area contributed by atoms with Crippen LogP contribution in [0.1, 0.15) is 0 Å². The van der Waals surface area contributed by atoms with Crippen LogP contribution in [-0.2, 0) is 9.84 Å². The smallest absolute Gasteiger partial charge is 0.212 e. The Morgan fingerprint density at radius 1 is 0.684 bits per heavy atom. The van der Waals surface area contributed by atoms with Gasteiger partial charge in [-0.1, -0.05) is 0 Å². The van der Waals surface area contributed by atoms with Crippen LogP contribution in [0.4, 0.5) is 17.6 Å². The van der Waals surface area contributed by atoms with Crippen LogP contribution >= 0.6 is 0 Å². The maximum absolute atomic E-state index is 13.4. The Kier molecular flexibility index (Phi) is 3.32. The van der Waals surface area contributed by atoms with E-state index < -0.39 is 42.9 Å². The maximum Gasteiger partial charge on any atom is 0.212 e. The van der Waals surface area contributed by atoms with Gasteiger partial charge >= 0.3 is 0 Å². The quantitative estimate of drug-likeness (QED) is 0.797. The lowest BCUT2D eigenvalue weighted by Crippen LogP contribution is -2.08. The molecule has 0 radical (unpaired) electrons. The van der Waals surface area contributed by atoms with Gasteiger partial charge in [-0.25, -0.2) is 26.0 Å². The maximum atomic E-state index is 13.4. The second kappa shape index (κ2) is 4.65. The van der Waals surface area contributed by atoms with Crippen LogP contribution in [0.25, 0.3) is 0 Å². The molecule has 19 heavy (non-hydrogen) atoms. The first kappa shape index (κ1) is 13.5. The van der Waals surface area contributed by atoms with Gasteiger partial charge in [0.15, 0.2) is 0 Å². The van der Waals surface area contributed by atoms with Crippen molar-refractivity contribution in [2.24, 2.45) is 0 Å². The Hall–Kier alpha value is -1.89. The highest BCUT2D eigenvalue weighted by Crippen LogP contribution is 2.26. The zero-order chi connectivity index (χ0) is 14.2. The molecule has 2 nitrogen and oxygen atoms in total. The molecule has 0 bridgehead atoms. The van der Waals surface area contributed by atoms with Crippen LogP contribution in [0, 0.1) is 23.3 Å². The first-order chi connectivity index (χ1) is 8.82. The molecule has 100 valence electrons. The summed E-state index contributed by atoms with van der Waals surface area (Å²) < 4.78 is 76.7. The van der Waals surface area contributed by atoms with E-state index in [4.69, 9.17) is 0 Å². The third-order valence-electron chi connectivity index (χ3n) is 2.37. The highest BCUT2D eigenvalue weighted by atomic mass is 32.2. The van der Waals surface area contributed by atoms with Gasteiger partial charge in [0.25, 0.3) is 0 Å². The summed E-state index contributed by atoms with van der Waals surface area (Å²) in [7, 11) is -4.68. The van der Waals surface area contributed by atoms with Gasteiger partial charge in [-0.2, -0.15) is 0 Å². The van der Waals surface area contributed by atoms with Gasteiger partial charge in [-0.15, -0.1) is 0 Å². The van der Waals surface area contributed by atoms with E-state index in [1.54, 1.807) is 0 Å². The predicted octanol–water partition coefficient (Wildman–Crippen LogP) is 3.08. The van der Waals surface area contributed by atoms with Gasteiger partial charge in [0.2, 0.25) is 9.84 Å². The molecule has 0 aliphatic rings. The average molecular weight is 290 g/mol. The summed E-state index contributed by atoms with van der Waals surface area (Å²) in [4.78, 5) is -2.09. The molecule has 7 heteroatoms. The first-order valence-electron chi connectivity index (χ1n) is 4.97. The molecule has 0 saturated carbocycles. The Morgan fingerprint density at radius 2 is 1.05 bits per heavy atom. The van der Waals surface area contributed by atoms with Crippen LogP contribution < -0.4 is 0 Å². The van der Waals surface area contributed by atoms with Crippen molar-refractivity contribution in [2.75, 3.05) is 0 Å². The molecule has 0 atom stereocenters. The van der Waals surface area contributed by atoms with E-state index in [9.17, 15) is 26.0 Å². The molecule has 0 saturated heterocycles. The standard InChI is InChI=1S/C12H6F4O2S/c13-7-1-3-9(15)11(5-7)19(17,18)12-6-8(14)2-4-10(12)16/h1-6H. The van der Waals surface area contributed by atoms with Crippen molar-refractivity contribution in [2.45, 2.75) is 9.79 Å². The van der Waals surface area contributed by atoms with Crippen molar-refractivity contribution >= 4 is 9.84 Å². The van der Waals surface area contributed by atoms with E-state index in [-0.39, 0.29) is 0 Å². The highest BCUT2D eigenvalue weighted by Gasteiger charge is 2.26. The van der Waals surface area contributed by atoms with Gasteiger partial charge in [0, 0.05) is 0 Å². The fraction of sp³-hybridized carbons (Fsp3) is 0. The van der Waals surface area contributed by atoms with Gasteiger partial charge in [0.05, 0.1) is 0 Å². The summed E-state index contributed by atoms with van der Waals surface area (Å²) >= 11 is 0. The molecule has 0 spiro atoms. The molecule has 0 amide bonds. The predicted molar refractivity (Wildman–Crippen MR) is 58.2 cm³/mol. The van der Waals surface area contributed by atoms with Crippen LogP contribution in [-0.4, -0.2) is 8.42 Å². The second-order valence-electron chi connectivity index (χ2n) is 3.65. The lowest BCUT2D eigenvalue weighted by molar-refractivity contribution is 0.537. The van der Waals surface area contributed by atoms with Crippen molar-refractivity contribution in [3.63, 3.8) is 0 Å². The lowest BCUT2D eigenvalue weighted by atomic mass is 10.3. The van der Waals surface area contributed by atoms with Crippen molar-refractivity contribution in [3.05, 3.63) is 59.7 Å². The van der Waals surface area contributed by atoms with Crippen LogP contribution in [0.3, 0.4) is 0 Å². The minimum absolute atomic E-state index is 0.412. The van der Waals surface area contributed by atoms with E-state index in [1.165, 1.54) is 0 Å². The number of benzene rings is 2. The molecule has 0 fully saturated rings. The van der Waals surface area contributed by atoms with Gasteiger partial charge in [-0.05, 0) is 36.4 Å². The van der Waals surface area contributed by atoms with Gasteiger partial charge in [0.1, 0.15) is 33.1 Å². The zero-order valence-electron chi connectivity index (χ0n) is 9.20. The SMILES string of the molecule is O=S(=O)(c1cc(F)ccc1F)c1cc(F)ccc1F. The van der Waals surface area contributed by atoms with Crippen molar-refractivity contribution in [3.8, 4) is 0 Å². The van der Waals surface area contributed by atoms with E-state index in [0.717, 1.165) is 12.1 Å². The summed E-state index contributed by atoms with van der Waals surface area (Å²) in [5.41, 5.74) is 0. The number of halogens is 4. The average Bonchev–Trinajstić information content (AvgIpc) is 2.35. The Balaban J connectivity index is 2.72. The lowest BCUT2D eigenvalue weighted by Gasteiger charge is -2.07. The fourth-order valence-electron chi connectivity index (χ4n) is 1.48. The first-order valence-corrected chi connectivity index (χ1v) is 6.46. The molecular weight excluding hydrogens is 284 g/mol. The van der Waals surface area contributed by atoms with E-state index in [0.29, 0.717) is 24.3 Å². The van der Waals surface area contributed by atoms with E-state index in [1.807, 2.05) is 0 Å². The Morgan fingerprint density at radius 3 is 1.42 bits per heavy atom. The van der Waals surface area contributed by atoms with E-state index in [2.05, 4.69) is 0 Å². The minimum Gasteiger partial charge on any atom is -0.218 e. The summed E-state index contributed by atoms with van der Waals surface area (Å²) in [6.07, 6.45) is 0. The van der Waals surface area contributed by atoms with Crippen LogP contribution in [0.15, 0.2) is 46.2 Å². The molecule has 2 rings (SSSR count). The number of hydrogen-bond acceptors (Lipinski definition) is 2. The minimum atomic E-state index is -4.68. The normalized spacial score (nSPS) is 11.6. The van der Waals surface area contributed by atoms with E-state index >= 15 is 0 Å². The summed E-state index contributed by atoms with van der Waals surface area (Å²) in [6, 6.07) is 3.45. The van der Waals surface area contributed by atoms with Crippen LogP contribution in [0.5, 0.6) is 0 Å². The molecule has 0 aromatic heterocycles. The molecule has 2 aromatic rings. The Labute approximate surface area is 106 Å². The second-order valence-corrected chi connectivity index (χ2v) is 5.54. The third kappa shape index (κ3) is 2.46. The molecule has 0 unspecified atom stereocenters. The van der Waals surface area contributed by atoms with Crippen LogP contribution in [0.2, 0.25) is 0 Å². The monoisotopic (exact) mass is 290 g/mol. The molecule has 2 aromatic carbocycles. The molecule has 0 N–H and O–H groups in total. The van der Waals surface area contributed by atoms with Crippen molar-refractivity contribution in [1.82, 2.24) is 0 Å². The summed E-state index contributed by atoms with van der Waals surface area (Å²) in [6.45, 7) is 0. The molecule has 0 aliphatic carbocycles. The summed E-state index contributed by atoms with van der Waals surface area (Å²) in [5.74, 6) is -4.50. The highest BCUT2D eigenvalue weighted by molar-refractivity contribution is 7.91. The Bertz CT molecular complexity index is 684. The topological polar surface area (TPSA) is 34.1 Å². The molecule has 0 aliphatic heterocycles. The zero-order valence-corrected chi connectivity index (χ0v) is 10.0. The number of sulfone groups is 1. The fourth-order valence-corrected chi connectivity index (χ4v) is 2.91. The molecular formula is C12H6F4O2S. The number of hydrogen-bond donors (Lipinski definition) is 0. The third-order valence-corrected chi connectivity index (χ3v) is 4.15.